The molecule has 5 heteroatoms. The molecule has 1 atom stereocenters. The number of carbonyl (C=O) groups excluding carboxylic acids is 1. The number of ether oxygens (including phenoxy) is 1. The van der Waals surface area contributed by atoms with E-state index in [1.807, 2.05) is 20.8 Å². The Bertz CT molecular complexity index is 280. The molecule has 0 spiro atoms. The first-order valence-corrected chi connectivity index (χ1v) is 6.57. The molecule has 0 aromatic carbocycles. The van der Waals surface area contributed by atoms with Crippen LogP contribution in [-0.4, -0.2) is 67.3 Å². The summed E-state index contributed by atoms with van der Waals surface area (Å²) >= 11 is 0. The quantitative estimate of drug-likeness (QED) is 0.820. The highest BCUT2D eigenvalue weighted by Gasteiger charge is 2.33. The van der Waals surface area contributed by atoms with Crippen molar-refractivity contribution in [3.8, 4) is 0 Å². The van der Waals surface area contributed by atoms with Crippen molar-refractivity contribution < 1.29 is 9.53 Å². The highest BCUT2D eigenvalue weighted by Crippen LogP contribution is 2.15. The lowest BCUT2D eigenvalue weighted by Crippen LogP contribution is -2.61. The van der Waals surface area contributed by atoms with Crippen molar-refractivity contribution in [2.45, 2.75) is 45.4 Å². The second kappa shape index (κ2) is 5.89. The predicted octanol–water partition coefficient (Wildman–Crippen LogP) is 1.15. The van der Waals surface area contributed by atoms with E-state index in [9.17, 15) is 4.79 Å². The lowest BCUT2D eigenvalue weighted by Gasteiger charge is -2.40. The summed E-state index contributed by atoms with van der Waals surface area (Å²) in [6, 6.07) is 0.903. The third kappa shape index (κ3) is 4.82. The summed E-state index contributed by atoms with van der Waals surface area (Å²) in [6.45, 7) is 10.3. The van der Waals surface area contributed by atoms with Gasteiger partial charge in [0, 0.05) is 31.7 Å². The van der Waals surface area contributed by atoms with E-state index in [-0.39, 0.29) is 6.09 Å². The number of carbonyl (C=O) groups is 1. The molecule has 1 fully saturated rings. The van der Waals surface area contributed by atoms with E-state index in [4.69, 9.17) is 4.74 Å². The molecule has 5 nitrogen and oxygen atoms in total. The zero-order valence-corrected chi connectivity index (χ0v) is 12.5. The van der Waals surface area contributed by atoms with E-state index in [0.29, 0.717) is 12.1 Å². The smallest absolute Gasteiger partial charge is 0.410 e. The van der Waals surface area contributed by atoms with Crippen molar-refractivity contribution in [2.24, 2.45) is 0 Å². The SMILES string of the molecule is CC(CNC1CN(C(=O)OC(C)(C)C)C1)N(C)C. The monoisotopic (exact) mass is 257 g/mol. The minimum absolute atomic E-state index is 0.207. The van der Waals surface area contributed by atoms with Gasteiger partial charge in [-0.1, -0.05) is 0 Å². The van der Waals surface area contributed by atoms with E-state index in [1.165, 1.54) is 0 Å². The van der Waals surface area contributed by atoms with E-state index in [0.717, 1.165) is 19.6 Å². The van der Waals surface area contributed by atoms with Crippen molar-refractivity contribution in [2.75, 3.05) is 33.7 Å². The average molecular weight is 257 g/mol. The first-order chi connectivity index (χ1) is 8.19. The van der Waals surface area contributed by atoms with Gasteiger partial charge in [-0.3, -0.25) is 0 Å². The molecule has 0 radical (unpaired) electrons. The summed E-state index contributed by atoms with van der Waals surface area (Å²) in [4.78, 5) is 15.6. The van der Waals surface area contributed by atoms with Crippen molar-refractivity contribution in [1.29, 1.82) is 0 Å². The van der Waals surface area contributed by atoms with Crippen LogP contribution in [0.3, 0.4) is 0 Å². The van der Waals surface area contributed by atoms with E-state index >= 15 is 0 Å². The van der Waals surface area contributed by atoms with Crippen molar-refractivity contribution >= 4 is 6.09 Å². The standard InChI is InChI=1S/C13H27N3O2/c1-10(15(5)6)7-14-11-8-16(9-11)12(17)18-13(2,3)4/h10-11,14H,7-9H2,1-6H3. The van der Waals surface area contributed by atoms with Gasteiger partial charge in [-0.25, -0.2) is 4.79 Å². The van der Waals surface area contributed by atoms with Gasteiger partial charge in [0.05, 0.1) is 0 Å². The van der Waals surface area contributed by atoms with Crippen LogP contribution in [0.25, 0.3) is 0 Å². The van der Waals surface area contributed by atoms with Gasteiger partial charge in [0.25, 0.3) is 0 Å². The van der Waals surface area contributed by atoms with Gasteiger partial charge < -0.3 is 19.9 Å². The average Bonchev–Trinajstić information content (AvgIpc) is 2.11. The molecule has 1 unspecified atom stereocenters. The van der Waals surface area contributed by atoms with Crippen LogP contribution < -0.4 is 5.32 Å². The minimum Gasteiger partial charge on any atom is -0.444 e. The Morgan fingerprint density at radius 2 is 2.00 bits per heavy atom. The summed E-state index contributed by atoms with van der Waals surface area (Å²) in [5.41, 5.74) is -0.408. The fourth-order valence-corrected chi connectivity index (χ4v) is 1.60. The van der Waals surface area contributed by atoms with Crippen LogP contribution in [0, 0.1) is 0 Å². The Labute approximate surface area is 110 Å². The molecular formula is C13H27N3O2. The Balaban J connectivity index is 2.18. The summed E-state index contributed by atoms with van der Waals surface area (Å²) < 4.78 is 5.30. The molecular weight excluding hydrogens is 230 g/mol. The van der Waals surface area contributed by atoms with Gasteiger partial charge in [0.1, 0.15) is 5.60 Å². The zero-order chi connectivity index (χ0) is 13.9. The van der Waals surface area contributed by atoms with Gasteiger partial charge in [-0.05, 0) is 41.8 Å². The lowest BCUT2D eigenvalue weighted by molar-refractivity contribution is 0.00493. The summed E-state index contributed by atoms with van der Waals surface area (Å²) in [5.74, 6) is 0. The number of amides is 1. The number of likely N-dealkylation sites (tertiary alicyclic amines) is 1. The van der Waals surface area contributed by atoms with Gasteiger partial charge in [0.15, 0.2) is 0 Å². The maximum Gasteiger partial charge on any atom is 0.410 e. The second-order valence-electron chi connectivity index (χ2n) is 6.30. The topological polar surface area (TPSA) is 44.8 Å². The van der Waals surface area contributed by atoms with Crippen molar-refractivity contribution in [3.63, 3.8) is 0 Å². The summed E-state index contributed by atoms with van der Waals surface area (Å²) in [5, 5.41) is 3.46. The van der Waals surface area contributed by atoms with Crippen LogP contribution in [0.4, 0.5) is 4.79 Å². The molecule has 1 amide bonds. The Kier molecular flexibility index (Phi) is 4.99. The van der Waals surface area contributed by atoms with Crippen LogP contribution in [0.2, 0.25) is 0 Å². The molecule has 1 saturated heterocycles. The van der Waals surface area contributed by atoms with Crippen LogP contribution in [-0.2, 0) is 4.74 Å². The second-order valence-corrected chi connectivity index (χ2v) is 6.30. The molecule has 1 N–H and O–H groups in total. The number of nitrogens with zero attached hydrogens (tertiary/aromatic N) is 2. The Morgan fingerprint density at radius 3 is 2.44 bits per heavy atom. The Hall–Kier alpha value is -0.810. The fraction of sp³-hybridized carbons (Fsp3) is 0.923. The first kappa shape index (κ1) is 15.2. The number of likely N-dealkylation sites (N-methyl/N-ethyl adjacent to an activating group) is 1. The first-order valence-electron chi connectivity index (χ1n) is 6.57. The molecule has 18 heavy (non-hydrogen) atoms. The van der Waals surface area contributed by atoms with Crippen molar-refractivity contribution in [1.82, 2.24) is 15.1 Å². The largest absolute Gasteiger partial charge is 0.444 e. The van der Waals surface area contributed by atoms with Gasteiger partial charge >= 0.3 is 6.09 Å². The number of rotatable bonds is 4. The third-order valence-electron chi connectivity index (χ3n) is 3.12. The molecule has 1 heterocycles. The van der Waals surface area contributed by atoms with E-state index in [2.05, 4.69) is 31.2 Å². The molecule has 1 aliphatic rings. The van der Waals surface area contributed by atoms with Gasteiger partial charge in [0.2, 0.25) is 0 Å². The maximum absolute atomic E-state index is 11.7. The van der Waals surface area contributed by atoms with E-state index < -0.39 is 5.60 Å². The predicted molar refractivity (Wildman–Crippen MR) is 72.7 cm³/mol. The normalized spacial score (nSPS) is 18.7. The molecule has 0 bridgehead atoms. The highest BCUT2D eigenvalue weighted by atomic mass is 16.6. The minimum atomic E-state index is -0.408. The fourth-order valence-electron chi connectivity index (χ4n) is 1.60. The third-order valence-corrected chi connectivity index (χ3v) is 3.12. The molecule has 106 valence electrons. The summed E-state index contributed by atoms with van der Waals surface area (Å²) in [7, 11) is 4.14. The Morgan fingerprint density at radius 1 is 1.44 bits per heavy atom. The molecule has 0 aromatic rings. The molecule has 0 aromatic heterocycles. The number of hydrogen-bond donors (Lipinski definition) is 1. The van der Waals surface area contributed by atoms with Crippen LogP contribution in [0.5, 0.6) is 0 Å². The molecule has 1 rings (SSSR count). The summed E-state index contributed by atoms with van der Waals surface area (Å²) in [6.07, 6.45) is -0.207. The van der Waals surface area contributed by atoms with Crippen LogP contribution in [0.15, 0.2) is 0 Å². The molecule has 1 aliphatic heterocycles. The van der Waals surface area contributed by atoms with Gasteiger partial charge in [-0.15, -0.1) is 0 Å². The number of nitrogens with one attached hydrogen (secondary N) is 1. The van der Waals surface area contributed by atoms with Crippen LogP contribution >= 0.6 is 0 Å². The lowest BCUT2D eigenvalue weighted by atomic mass is 10.1. The van der Waals surface area contributed by atoms with E-state index in [1.54, 1.807) is 4.90 Å². The number of hydrogen-bond acceptors (Lipinski definition) is 4. The molecule has 0 saturated carbocycles. The zero-order valence-electron chi connectivity index (χ0n) is 12.5. The van der Waals surface area contributed by atoms with Crippen molar-refractivity contribution in [3.05, 3.63) is 0 Å². The maximum atomic E-state index is 11.7. The van der Waals surface area contributed by atoms with Crippen LogP contribution in [0.1, 0.15) is 27.7 Å². The molecule has 0 aliphatic carbocycles. The van der Waals surface area contributed by atoms with Gasteiger partial charge in [-0.2, -0.15) is 0 Å². The highest BCUT2D eigenvalue weighted by molar-refractivity contribution is 5.69.